The van der Waals surface area contributed by atoms with E-state index in [1.54, 1.807) is 0 Å². The summed E-state index contributed by atoms with van der Waals surface area (Å²) in [5.74, 6) is -3.95. The van der Waals surface area contributed by atoms with Crippen LogP contribution in [0.4, 0.5) is 19.3 Å². The molecular formula is C7H3ClF2N2O6S. The summed E-state index contributed by atoms with van der Waals surface area (Å²) < 4.78 is 52.4. The maximum atomic E-state index is 13.2. The van der Waals surface area contributed by atoms with Crippen molar-refractivity contribution in [3.8, 4) is 5.75 Å². The second-order valence-corrected chi connectivity index (χ2v) is 5.22. The minimum absolute atomic E-state index is 0.174. The molecule has 0 fully saturated rings. The number of hydrogen-bond acceptors (Lipinski definition) is 6. The molecule has 8 nitrogen and oxygen atoms in total. The number of halogens is 3. The lowest BCUT2D eigenvalue weighted by Gasteiger charge is -2.05. The summed E-state index contributed by atoms with van der Waals surface area (Å²) in [7, 11) is 0.170. The number of nitrogens with zero attached hydrogens (tertiary/aromatic N) is 1. The van der Waals surface area contributed by atoms with Crippen LogP contribution in [0.5, 0.6) is 5.75 Å². The molecule has 1 amide bonds. The third-order valence-electron chi connectivity index (χ3n) is 1.61. The largest absolute Gasteiger partial charge is 0.427 e. The molecule has 1 aromatic carbocycles. The fourth-order valence-electron chi connectivity index (χ4n) is 0.956. The van der Waals surface area contributed by atoms with Gasteiger partial charge in [0.05, 0.1) is 11.0 Å². The van der Waals surface area contributed by atoms with E-state index in [0.29, 0.717) is 0 Å². The van der Waals surface area contributed by atoms with Crippen LogP contribution in [0, 0.1) is 21.7 Å². The number of amides is 1. The minimum Gasteiger partial charge on any atom is -0.406 e. The molecule has 0 bridgehead atoms. The van der Waals surface area contributed by atoms with Gasteiger partial charge in [-0.2, -0.15) is 12.8 Å². The van der Waals surface area contributed by atoms with Crippen molar-refractivity contribution in [2.45, 2.75) is 0 Å². The van der Waals surface area contributed by atoms with Crippen LogP contribution in [0.1, 0.15) is 0 Å². The van der Waals surface area contributed by atoms with Gasteiger partial charge in [-0.3, -0.25) is 10.1 Å². The molecule has 0 heterocycles. The summed E-state index contributed by atoms with van der Waals surface area (Å²) in [6.07, 6.45) is -1.71. The Kier molecular flexibility index (Phi) is 4.21. The predicted octanol–water partition coefficient (Wildman–Crippen LogP) is 1.45. The average molecular weight is 317 g/mol. The lowest BCUT2D eigenvalue weighted by atomic mass is 10.3. The molecule has 104 valence electrons. The fraction of sp³-hybridized carbons (Fsp3) is 0. The van der Waals surface area contributed by atoms with Gasteiger partial charge >= 0.3 is 21.0 Å². The number of hydrogen-bond donors (Lipinski definition) is 1. The van der Waals surface area contributed by atoms with Gasteiger partial charge in [0, 0.05) is 16.7 Å². The van der Waals surface area contributed by atoms with E-state index in [1.807, 2.05) is 0 Å². The highest BCUT2D eigenvalue weighted by atomic mass is 35.7. The average Bonchev–Trinajstić information content (AvgIpc) is 2.19. The van der Waals surface area contributed by atoms with Gasteiger partial charge in [-0.05, 0) is 0 Å². The Labute approximate surface area is 108 Å². The van der Waals surface area contributed by atoms with Crippen molar-refractivity contribution in [2.75, 3.05) is 0 Å². The number of ether oxygens (including phenoxy) is 1. The maximum Gasteiger partial charge on any atom is 0.427 e. The van der Waals surface area contributed by atoms with Crippen LogP contribution in [0.3, 0.4) is 0 Å². The number of nitro groups is 1. The van der Waals surface area contributed by atoms with Crippen LogP contribution >= 0.6 is 10.7 Å². The van der Waals surface area contributed by atoms with Crippen molar-refractivity contribution in [2.24, 2.45) is 0 Å². The lowest BCUT2D eigenvalue weighted by molar-refractivity contribution is -0.387. The Morgan fingerprint density at radius 2 is 1.95 bits per heavy atom. The van der Waals surface area contributed by atoms with Gasteiger partial charge in [0.2, 0.25) is 5.82 Å². The number of nitro benzene ring substituents is 1. The topological polar surface area (TPSA) is 116 Å². The Morgan fingerprint density at radius 3 is 2.42 bits per heavy atom. The Balaban J connectivity index is 3.01. The summed E-state index contributed by atoms with van der Waals surface area (Å²) in [4.78, 5) is 20.0. The van der Waals surface area contributed by atoms with Crippen molar-refractivity contribution >= 4 is 31.7 Å². The SMILES string of the molecule is O=C(NS(=O)(=O)Cl)Oc1cc(F)c([N+](=O)[O-])cc1F. The Morgan fingerprint density at radius 1 is 1.37 bits per heavy atom. The van der Waals surface area contributed by atoms with E-state index in [9.17, 15) is 32.1 Å². The molecule has 0 saturated heterocycles. The van der Waals surface area contributed by atoms with Gasteiger partial charge in [0.15, 0.2) is 11.6 Å². The van der Waals surface area contributed by atoms with Crippen LogP contribution in [-0.2, 0) is 9.24 Å². The Hall–Kier alpha value is -2.01. The molecule has 0 unspecified atom stereocenters. The summed E-state index contributed by atoms with van der Waals surface area (Å²) in [5.41, 5.74) is -1.17. The van der Waals surface area contributed by atoms with E-state index >= 15 is 0 Å². The van der Waals surface area contributed by atoms with E-state index < -0.39 is 43.3 Å². The van der Waals surface area contributed by atoms with Gasteiger partial charge in [0.25, 0.3) is 0 Å². The number of carbonyl (C=O) groups is 1. The number of carbonyl (C=O) groups excluding carboxylic acids is 1. The highest BCUT2D eigenvalue weighted by Gasteiger charge is 2.22. The number of rotatable bonds is 3. The van der Waals surface area contributed by atoms with Crippen molar-refractivity contribution in [3.05, 3.63) is 33.9 Å². The van der Waals surface area contributed by atoms with E-state index in [1.165, 1.54) is 0 Å². The molecule has 0 atom stereocenters. The lowest BCUT2D eigenvalue weighted by Crippen LogP contribution is -2.29. The highest BCUT2D eigenvalue weighted by Crippen LogP contribution is 2.26. The van der Waals surface area contributed by atoms with Crippen LogP contribution in [0.15, 0.2) is 12.1 Å². The summed E-state index contributed by atoms with van der Waals surface area (Å²) in [6, 6.07) is 0.390. The number of nitrogens with one attached hydrogen (secondary N) is 1. The van der Waals surface area contributed by atoms with Gasteiger partial charge in [0.1, 0.15) is 0 Å². The molecular weight excluding hydrogens is 314 g/mol. The first-order chi connectivity index (χ1) is 8.60. The van der Waals surface area contributed by atoms with Gasteiger partial charge < -0.3 is 4.74 Å². The van der Waals surface area contributed by atoms with Crippen LogP contribution in [0.25, 0.3) is 0 Å². The monoisotopic (exact) mass is 316 g/mol. The maximum absolute atomic E-state index is 13.2. The van der Waals surface area contributed by atoms with Crippen LogP contribution < -0.4 is 9.46 Å². The first-order valence-electron chi connectivity index (χ1n) is 4.18. The smallest absolute Gasteiger partial charge is 0.406 e. The normalized spacial score (nSPS) is 10.9. The molecule has 12 heteroatoms. The second kappa shape index (κ2) is 5.32. The van der Waals surface area contributed by atoms with Crippen LogP contribution in [-0.4, -0.2) is 19.4 Å². The summed E-state index contributed by atoms with van der Waals surface area (Å²) >= 11 is 0. The van der Waals surface area contributed by atoms with Gasteiger partial charge in [-0.1, -0.05) is 0 Å². The molecule has 1 aromatic rings. The molecule has 0 spiro atoms. The minimum atomic E-state index is -4.46. The van der Waals surface area contributed by atoms with E-state index in [4.69, 9.17) is 0 Å². The third-order valence-corrected chi connectivity index (χ3v) is 2.25. The van der Waals surface area contributed by atoms with Crippen molar-refractivity contribution in [1.29, 1.82) is 0 Å². The summed E-state index contributed by atoms with van der Waals surface area (Å²) in [6.45, 7) is 0. The predicted molar refractivity (Wildman–Crippen MR) is 56.9 cm³/mol. The molecule has 0 aliphatic carbocycles. The molecule has 1 N–H and O–H groups in total. The third kappa shape index (κ3) is 4.30. The molecule has 19 heavy (non-hydrogen) atoms. The van der Waals surface area contributed by atoms with E-state index in [-0.39, 0.29) is 12.1 Å². The van der Waals surface area contributed by atoms with Crippen molar-refractivity contribution < 1.29 is 31.7 Å². The van der Waals surface area contributed by atoms with E-state index in [0.717, 1.165) is 4.72 Å². The zero-order valence-corrected chi connectivity index (χ0v) is 10.2. The van der Waals surface area contributed by atoms with Crippen molar-refractivity contribution in [3.63, 3.8) is 0 Å². The van der Waals surface area contributed by atoms with Gasteiger partial charge in [-0.25, -0.2) is 13.9 Å². The first kappa shape index (κ1) is 15.0. The second-order valence-electron chi connectivity index (χ2n) is 2.92. The summed E-state index contributed by atoms with van der Waals surface area (Å²) in [5, 5.41) is 10.3. The zero-order valence-electron chi connectivity index (χ0n) is 8.59. The molecule has 0 saturated carbocycles. The fourth-order valence-corrected chi connectivity index (χ4v) is 1.39. The molecule has 0 aliphatic rings. The standard InChI is InChI=1S/C7H3ClF2N2O6S/c8-19(16,17)11-7(13)18-6-2-3(9)5(12(14)15)1-4(6)10/h1-2H,(H,11,13). The molecule has 0 radical (unpaired) electrons. The zero-order chi connectivity index (χ0) is 14.8. The van der Waals surface area contributed by atoms with Crippen LogP contribution in [0.2, 0.25) is 0 Å². The first-order valence-corrected chi connectivity index (χ1v) is 6.48. The molecule has 0 aromatic heterocycles. The highest BCUT2D eigenvalue weighted by molar-refractivity contribution is 8.12. The Bertz CT molecular complexity index is 649. The van der Waals surface area contributed by atoms with Crippen molar-refractivity contribution in [1.82, 2.24) is 4.72 Å². The van der Waals surface area contributed by atoms with Gasteiger partial charge in [-0.15, -0.1) is 0 Å². The molecule has 1 rings (SSSR count). The quantitative estimate of drug-likeness (QED) is 0.512. The molecule has 0 aliphatic heterocycles. The number of benzene rings is 1. The van der Waals surface area contributed by atoms with E-state index in [2.05, 4.69) is 15.4 Å².